The van der Waals surface area contributed by atoms with Crippen molar-refractivity contribution in [1.29, 1.82) is 0 Å². The van der Waals surface area contributed by atoms with Crippen LogP contribution in [0.1, 0.15) is 51.7 Å². The molecule has 0 radical (unpaired) electrons. The lowest BCUT2D eigenvalue weighted by molar-refractivity contribution is 0.0797. The molecule has 2 rings (SSSR count). The van der Waals surface area contributed by atoms with Crippen molar-refractivity contribution < 1.29 is 14.6 Å². The molecule has 1 aliphatic rings. The van der Waals surface area contributed by atoms with Gasteiger partial charge in [-0.3, -0.25) is 0 Å². The smallest absolute Gasteiger partial charge is 0.317 e. The van der Waals surface area contributed by atoms with Crippen LogP contribution in [0.5, 0.6) is 5.75 Å². The van der Waals surface area contributed by atoms with E-state index >= 15 is 0 Å². The number of aliphatic hydroxyl groups excluding tert-OH is 1. The van der Waals surface area contributed by atoms with Gasteiger partial charge in [-0.1, -0.05) is 12.1 Å². The molecule has 5 heteroatoms. The van der Waals surface area contributed by atoms with Crippen LogP contribution in [0.25, 0.3) is 0 Å². The Morgan fingerprint density at radius 3 is 2.56 bits per heavy atom. The van der Waals surface area contributed by atoms with Crippen LogP contribution in [0.15, 0.2) is 18.2 Å². The highest BCUT2D eigenvalue weighted by atomic mass is 16.5. The van der Waals surface area contributed by atoms with E-state index in [0.717, 1.165) is 29.7 Å². The van der Waals surface area contributed by atoms with Crippen molar-refractivity contribution in [3.8, 4) is 5.75 Å². The number of benzene rings is 1. The maximum atomic E-state index is 12.4. The van der Waals surface area contributed by atoms with Gasteiger partial charge in [-0.05, 0) is 65.0 Å². The monoisotopic (exact) mass is 348 g/mol. The van der Waals surface area contributed by atoms with Crippen LogP contribution < -0.4 is 10.1 Å². The number of hydrogen-bond acceptors (Lipinski definition) is 3. The van der Waals surface area contributed by atoms with E-state index in [4.69, 9.17) is 4.74 Å². The van der Waals surface area contributed by atoms with Crippen molar-refractivity contribution in [2.75, 3.05) is 13.1 Å². The number of carbonyl (C=O) groups is 1. The molecule has 1 aromatic rings. The predicted molar refractivity (Wildman–Crippen MR) is 99.8 cm³/mol. The van der Waals surface area contributed by atoms with Gasteiger partial charge in [0.1, 0.15) is 11.4 Å². The van der Waals surface area contributed by atoms with Gasteiger partial charge in [0, 0.05) is 25.2 Å². The third kappa shape index (κ3) is 5.92. The summed E-state index contributed by atoms with van der Waals surface area (Å²) in [5.74, 6) is 1.12. The number of piperidine rings is 1. The summed E-state index contributed by atoms with van der Waals surface area (Å²) in [5.41, 5.74) is 1.83. The van der Waals surface area contributed by atoms with E-state index in [-0.39, 0.29) is 17.7 Å². The largest absolute Gasteiger partial charge is 0.488 e. The minimum absolute atomic E-state index is 0.0497. The molecule has 1 atom stereocenters. The van der Waals surface area contributed by atoms with Crippen LogP contribution in [0.4, 0.5) is 4.79 Å². The molecule has 1 saturated heterocycles. The molecule has 1 heterocycles. The molecule has 1 aliphatic heterocycles. The first-order valence-corrected chi connectivity index (χ1v) is 9.15. The fourth-order valence-electron chi connectivity index (χ4n) is 3.10. The lowest BCUT2D eigenvalue weighted by atomic mass is 9.92. The lowest BCUT2D eigenvalue weighted by Crippen LogP contribution is -2.45. The number of aliphatic hydroxyl groups is 1. The van der Waals surface area contributed by atoms with E-state index in [1.165, 1.54) is 0 Å². The van der Waals surface area contributed by atoms with Crippen molar-refractivity contribution >= 4 is 6.03 Å². The number of hydrogen-bond donors (Lipinski definition) is 2. The highest BCUT2D eigenvalue weighted by Gasteiger charge is 2.25. The Morgan fingerprint density at radius 1 is 1.36 bits per heavy atom. The molecule has 0 aliphatic carbocycles. The number of nitrogens with zero attached hydrogens (tertiary/aromatic N) is 1. The van der Waals surface area contributed by atoms with E-state index in [1.54, 1.807) is 0 Å². The van der Waals surface area contributed by atoms with Crippen LogP contribution >= 0.6 is 0 Å². The standard InChI is InChI=1S/C20H32N2O3/c1-14-6-7-17(18(12-14)25-20(3,4)5)13-21-19(24)22-10-8-16(9-11-22)15(2)23/h6-7,12,15-16,23H,8-11,13H2,1-5H3,(H,21,24). The summed E-state index contributed by atoms with van der Waals surface area (Å²) in [5, 5.41) is 12.7. The van der Waals surface area contributed by atoms with E-state index in [1.807, 2.05) is 57.7 Å². The Labute approximate surface area is 151 Å². The van der Waals surface area contributed by atoms with Crippen molar-refractivity contribution in [3.63, 3.8) is 0 Å². The molecule has 5 nitrogen and oxygen atoms in total. The number of rotatable bonds is 4. The molecular weight excluding hydrogens is 316 g/mol. The third-order valence-corrected chi connectivity index (χ3v) is 4.58. The summed E-state index contributed by atoms with van der Waals surface area (Å²) >= 11 is 0. The van der Waals surface area contributed by atoms with Crippen molar-refractivity contribution in [1.82, 2.24) is 10.2 Å². The SMILES string of the molecule is Cc1ccc(CNC(=O)N2CCC(C(C)O)CC2)c(OC(C)(C)C)c1. The average molecular weight is 348 g/mol. The summed E-state index contributed by atoms with van der Waals surface area (Å²) in [4.78, 5) is 14.3. The zero-order chi connectivity index (χ0) is 18.6. The van der Waals surface area contributed by atoms with Gasteiger partial charge in [-0.2, -0.15) is 0 Å². The van der Waals surface area contributed by atoms with Gasteiger partial charge in [-0.15, -0.1) is 0 Å². The van der Waals surface area contributed by atoms with Gasteiger partial charge in [0.25, 0.3) is 0 Å². The second-order valence-corrected chi connectivity index (χ2v) is 8.05. The third-order valence-electron chi connectivity index (χ3n) is 4.58. The highest BCUT2D eigenvalue weighted by molar-refractivity contribution is 5.74. The van der Waals surface area contributed by atoms with Crippen LogP contribution in [0.2, 0.25) is 0 Å². The Hall–Kier alpha value is -1.75. The minimum Gasteiger partial charge on any atom is -0.488 e. The first-order chi connectivity index (χ1) is 11.7. The number of nitrogens with one attached hydrogen (secondary N) is 1. The fraction of sp³-hybridized carbons (Fsp3) is 0.650. The summed E-state index contributed by atoms with van der Waals surface area (Å²) in [7, 11) is 0. The first kappa shape index (κ1) is 19.6. The van der Waals surface area contributed by atoms with Gasteiger partial charge in [0.15, 0.2) is 0 Å². The fourth-order valence-corrected chi connectivity index (χ4v) is 3.10. The highest BCUT2D eigenvalue weighted by Crippen LogP contribution is 2.25. The molecule has 2 amide bonds. The topological polar surface area (TPSA) is 61.8 Å². The van der Waals surface area contributed by atoms with Crippen LogP contribution in [0.3, 0.4) is 0 Å². The van der Waals surface area contributed by atoms with Gasteiger partial charge < -0.3 is 20.1 Å². The number of urea groups is 1. The van der Waals surface area contributed by atoms with Gasteiger partial charge >= 0.3 is 6.03 Å². The molecule has 2 N–H and O–H groups in total. The number of likely N-dealkylation sites (tertiary alicyclic amines) is 1. The predicted octanol–water partition coefficient (Wildman–Crippen LogP) is 3.47. The Kier molecular flexibility index (Phi) is 6.33. The Morgan fingerprint density at radius 2 is 2.00 bits per heavy atom. The van der Waals surface area contributed by atoms with E-state index in [0.29, 0.717) is 25.6 Å². The van der Waals surface area contributed by atoms with Crippen LogP contribution in [-0.4, -0.2) is 40.8 Å². The molecule has 1 fully saturated rings. The number of carbonyl (C=O) groups excluding carboxylic acids is 1. The van der Waals surface area contributed by atoms with Gasteiger partial charge in [0.05, 0.1) is 6.10 Å². The van der Waals surface area contributed by atoms with Crippen LogP contribution in [0, 0.1) is 12.8 Å². The molecule has 1 unspecified atom stereocenters. The minimum atomic E-state index is -0.296. The number of ether oxygens (including phenoxy) is 1. The van der Waals surface area contributed by atoms with Crippen LogP contribution in [-0.2, 0) is 6.54 Å². The second kappa shape index (κ2) is 8.09. The Balaban J connectivity index is 1.94. The van der Waals surface area contributed by atoms with Gasteiger partial charge in [0.2, 0.25) is 0 Å². The quantitative estimate of drug-likeness (QED) is 0.876. The summed E-state index contributed by atoms with van der Waals surface area (Å²) in [6.45, 7) is 11.7. The first-order valence-electron chi connectivity index (χ1n) is 9.15. The Bertz CT molecular complexity index is 585. The van der Waals surface area contributed by atoms with Crippen molar-refractivity contribution in [2.24, 2.45) is 5.92 Å². The molecule has 0 saturated carbocycles. The van der Waals surface area contributed by atoms with E-state index in [2.05, 4.69) is 5.32 Å². The number of amides is 2. The average Bonchev–Trinajstić information content (AvgIpc) is 2.52. The second-order valence-electron chi connectivity index (χ2n) is 8.05. The van der Waals surface area contributed by atoms with E-state index < -0.39 is 0 Å². The molecule has 140 valence electrons. The number of aryl methyl sites for hydroxylation is 1. The zero-order valence-electron chi connectivity index (χ0n) is 16.1. The molecule has 0 bridgehead atoms. The summed E-state index contributed by atoms with van der Waals surface area (Å²) in [6, 6.07) is 6.01. The maximum absolute atomic E-state index is 12.4. The summed E-state index contributed by atoms with van der Waals surface area (Å²) < 4.78 is 6.04. The normalized spacial score (nSPS) is 17.3. The maximum Gasteiger partial charge on any atom is 0.317 e. The van der Waals surface area contributed by atoms with Gasteiger partial charge in [-0.25, -0.2) is 4.79 Å². The molecular formula is C20H32N2O3. The summed E-state index contributed by atoms with van der Waals surface area (Å²) in [6.07, 6.45) is 1.41. The zero-order valence-corrected chi connectivity index (χ0v) is 16.1. The lowest BCUT2D eigenvalue weighted by Gasteiger charge is -2.33. The molecule has 0 spiro atoms. The van der Waals surface area contributed by atoms with E-state index in [9.17, 15) is 9.90 Å². The molecule has 0 aromatic heterocycles. The molecule has 1 aromatic carbocycles. The van der Waals surface area contributed by atoms with Crippen molar-refractivity contribution in [3.05, 3.63) is 29.3 Å². The molecule has 25 heavy (non-hydrogen) atoms. The van der Waals surface area contributed by atoms with Crippen molar-refractivity contribution in [2.45, 2.75) is 65.7 Å².